The first-order valence-corrected chi connectivity index (χ1v) is 10.8. The number of anilines is 2. The van der Waals surface area contributed by atoms with Gasteiger partial charge in [0.2, 0.25) is 0 Å². The van der Waals surface area contributed by atoms with Gasteiger partial charge in [0.25, 0.3) is 0 Å². The Morgan fingerprint density at radius 1 is 1.09 bits per heavy atom. The van der Waals surface area contributed by atoms with E-state index >= 15 is 0 Å². The Hall–Kier alpha value is -2.89. The highest BCUT2D eigenvalue weighted by Crippen LogP contribution is 2.28. The van der Waals surface area contributed by atoms with Crippen molar-refractivity contribution < 1.29 is 28.2 Å². The van der Waals surface area contributed by atoms with Gasteiger partial charge in [-0.05, 0) is 23.8 Å². The molecule has 1 aromatic heterocycles. The molecule has 2 aromatic carbocycles. The molecule has 0 saturated carbocycles. The van der Waals surface area contributed by atoms with Gasteiger partial charge in [0, 0.05) is 38.7 Å². The molecule has 11 heteroatoms. The molecule has 4 rings (SSSR count). The van der Waals surface area contributed by atoms with Crippen LogP contribution in [-0.4, -0.2) is 65.0 Å². The average Bonchev–Trinajstić information content (AvgIpc) is 3.15. The summed E-state index contributed by atoms with van der Waals surface area (Å²) in [6.07, 6.45) is -0.775. The van der Waals surface area contributed by atoms with Gasteiger partial charge in [-0.15, -0.1) is 0 Å². The molecule has 170 valence electrons. The lowest BCUT2D eigenvalue weighted by Crippen LogP contribution is -2.50. The maximum absolute atomic E-state index is 14.6. The van der Waals surface area contributed by atoms with Crippen molar-refractivity contribution in [2.45, 2.75) is 12.5 Å². The average molecular weight is 466 g/mol. The van der Waals surface area contributed by atoms with Crippen LogP contribution in [-0.2, 0) is 6.42 Å². The molecule has 32 heavy (non-hydrogen) atoms. The summed E-state index contributed by atoms with van der Waals surface area (Å²) >= 11 is 1.05. The van der Waals surface area contributed by atoms with Crippen LogP contribution in [0.15, 0.2) is 30.3 Å². The second-order valence-electron chi connectivity index (χ2n) is 7.48. The highest BCUT2D eigenvalue weighted by molar-refractivity contribution is 7.22. The molecule has 3 aromatic rings. The van der Waals surface area contributed by atoms with Crippen LogP contribution in [0.25, 0.3) is 10.2 Å². The number of halogens is 3. The lowest BCUT2D eigenvalue weighted by Gasteiger charge is -2.36. The zero-order valence-corrected chi connectivity index (χ0v) is 17.7. The van der Waals surface area contributed by atoms with Gasteiger partial charge >= 0.3 is 6.03 Å². The van der Waals surface area contributed by atoms with Crippen molar-refractivity contribution in [3.05, 3.63) is 53.3 Å². The van der Waals surface area contributed by atoms with E-state index in [9.17, 15) is 23.1 Å². The van der Waals surface area contributed by atoms with Gasteiger partial charge in [0.1, 0.15) is 5.82 Å². The number of carbonyl (C=O) groups is 1. The first kappa shape index (κ1) is 22.3. The van der Waals surface area contributed by atoms with E-state index in [0.717, 1.165) is 23.5 Å². The number of amides is 2. The predicted molar refractivity (Wildman–Crippen MR) is 116 cm³/mol. The molecule has 0 aliphatic carbocycles. The molecule has 1 fully saturated rings. The first-order chi connectivity index (χ1) is 15.3. The van der Waals surface area contributed by atoms with Crippen LogP contribution < -0.4 is 10.2 Å². The van der Waals surface area contributed by atoms with E-state index in [1.807, 2.05) is 4.90 Å². The third kappa shape index (κ3) is 4.79. The van der Waals surface area contributed by atoms with Crippen LogP contribution in [0.4, 0.5) is 28.8 Å². The number of urea groups is 1. The zero-order valence-electron chi connectivity index (χ0n) is 16.9. The number of nitrogens with zero attached hydrogens (tertiary/aromatic N) is 3. The summed E-state index contributed by atoms with van der Waals surface area (Å²) in [5.41, 5.74) is 1.25. The summed E-state index contributed by atoms with van der Waals surface area (Å²) in [7, 11) is 0. The number of thiazole rings is 1. The molecule has 1 atom stereocenters. The van der Waals surface area contributed by atoms with Gasteiger partial charge in [0.15, 0.2) is 16.8 Å². The number of piperazine rings is 1. The monoisotopic (exact) mass is 466 g/mol. The fourth-order valence-corrected chi connectivity index (χ4v) is 4.43. The molecule has 0 bridgehead atoms. The van der Waals surface area contributed by atoms with E-state index in [1.54, 1.807) is 17.0 Å². The number of hydrogen-bond donors (Lipinski definition) is 3. The second kappa shape index (κ2) is 9.31. The molecule has 7 nitrogen and oxygen atoms in total. The van der Waals surface area contributed by atoms with Crippen molar-refractivity contribution in [2.75, 3.05) is 43.0 Å². The predicted octanol–water partition coefficient (Wildman–Crippen LogP) is 2.96. The van der Waals surface area contributed by atoms with Gasteiger partial charge in [-0.1, -0.05) is 17.4 Å². The SMILES string of the molecule is O=C(Nc1nc2cc(F)c(F)cc2s1)N1CCN(c2ccc(CC(O)CO)cc2F)CC1. The van der Waals surface area contributed by atoms with Crippen LogP contribution in [0.5, 0.6) is 0 Å². The van der Waals surface area contributed by atoms with E-state index in [2.05, 4.69) is 10.3 Å². The highest BCUT2D eigenvalue weighted by Gasteiger charge is 2.24. The van der Waals surface area contributed by atoms with Crippen molar-refractivity contribution in [3.8, 4) is 0 Å². The van der Waals surface area contributed by atoms with Gasteiger partial charge < -0.3 is 20.0 Å². The second-order valence-corrected chi connectivity index (χ2v) is 8.51. The van der Waals surface area contributed by atoms with Crippen LogP contribution in [0.2, 0.25) is 0 Å². The fourth-order valence-electron chi connectivity index (χ4n) is 3.57. The minimum atomic E-state index is -0.998. The number of benzene rings is 2. The lowest BCUT2D eigenvalue weighted by atomic mass is 10.1. The third-order valence-electron chi connectivity index (χ3n) is 5.25. The molecular weight excluding hydrogens is 445 g/mol. The van der Waals surface area contributed by atoms with Crippen LogP contribution in [0.3, 0.4) is 0 Å². The molecule has 2 amide bonds. The molecule has 0 radical (unpaired) electrons. The highest BCUT2D eigenvalue weighted by atomic mass is 32.1. The van der Waals surface area contributed by atoms with Crippen LogP contribution >= 0.6 is 11.3 Å². The zero-order chi connectivity index (χ0) is 22.8. The number of hydrogen-bond acceptors (Lipinski definition) is 6. The quantitative estimate of drug-likeness (QED) is 0.538. The summed E-state index contributed by atoms with van der Waals surface area (Å²) in [4.78, 5) is 20.1. The summed E-state index contributed by atoms with van der Waals surface area (Å²) in [6.45, 7) is 1.14. The van der Waals surface area contributed by atoms with E-state index in [1.165, 1.54) is 6.07 Å². The Bertz CT molecular complexity index is 1100. The van der Waals surface area contributed by atoms with Crippen LogP contribution in [0, 0.1) is 17.5 Å². The normalized spacial score (nSPS) is 15.3. The summed E-state index contributed by atoms with van der Waals surface area (Å²) in [5.74, 6) is -2.40. The third-order valence-corrected chi connectivity index (χ3v) is 6.18. The summed E-state index contributed by atoms with van der Waals surface area (Å²) in [6, 6.07) is 6.31. The van der Waals surface area contributed by atoms with E-state index in [4.69, 9.17) is 5.11 Å². The standard InChI is InChI=1S/C21H21F3N4O3S/c22-14-9-17-19(10-15(14)23)32-20(25-17)26-21(31)28-5-3-27(4-6-28)18-2-1-12(8-16(18)24)7-13(30)11-29/h1-2,8-10,13,29-30H,3-7,11H2,(H,25,26,31). The number of fused-ring (bicyclic) bond motifs is 1. The maximum Gasteiger partial charge on any atom is 0.323 e. The van der Waals surface area contributed by atoms with Crippen molar-refractivity contribution in [1.82, 2.24) is 9.88 Å². The Morgan fingerprint density at radius 3 is 2.50 bits per heavy atom. The molecule has 1 saturated heterocycles. The summed E-state index contributed by atoms with van der Waals surface area (Å²) in [5, 5.41) is 21.3. The molecule has 1 aliphatic rings. The van der Waals surface area contributed by atoms with Gasteiger partial charge in [-0.2, -0.15) is 0 Å². The van der Waals surface area contributed by atoms with Crippen molar-refractivity contribution >= 4 is 38.4 Å². The van der Waals surface area contributed by atoms with E-state index in [-0.39, 0.29) is 17.1 Å². The number of aliphatic hydroxyl groups excluding tert-OH is 2. The molecule has 1 aliphatic heterocycles. The Kier molecular flexibility index (Phi) is 6.49. The molecule has 2 heterocycles. The van der Waals surface area contributed by atoms with Crippen molar-refractivity contribution in [3.63, 3.8) is 0 Å². The van der Waals surface area contributed by atoms with Crippen molar-refractivity contribution in [2.24, 2.45) is 0 Å². The molecule has 3 N–H and O–H groups in total. The van der Waals surface area contributed by atoms with Gasteiger partial charge in [-0.3, -0.25) is 5.32 Å². The maximum atomic E-state index is 14.6. The van der Waals surface area contributed by atoms with E-state index in [0.29, 0.717) is 42.1 Å². The Labute approximate surface area is 185 Å². The summed E-state index contributed by atoms with van der Waals surface area (Å²) < 4.78 is 41.7. The number of carbonyl (C=O) groups excluding carboxylic acids is 1. The minimum Gasteiger partial charge on any atom is -0.394 e. The first-order valence-electron chi connectivity index (χ1n) is 9.98. The lowest BCUT2D eigenvalue weighted by molar-refractivity contribution is 0.0954. The minimum absolute atomic E-state index is 0.159. The number of aliphatic hydroxyl groups is 2. The van der Waals surface area contributed by atoms with Crippen LogP contribution in [0.1, 0.15) is 5.56 Å². The molecule has 0 spiro atoms. The van der Waals surface area contributed by atoms with Crippen molar-refractivity contribution in [1.29, 1.82) is 0 Å². The topological polar surface area (TPSA) is 88.9 Å². The smallest absolute Gasteiger partial charge is 0.323 e. The van der Waals surface area contributed by atoms with Gasteiger partial charge in [-0.25, -0.2) is 22.9 Å². The van der Waals surface area contributed by atoms with Gasteiger partial charge in [0.05, 0.1) is 28.6 Å². The Morgan fingerprint density at radius 2 is 1.81 bits per heavy atom. The Balaban J connectivity index is 1.36. The number of nitrogens with one attached hydrogen (secondary N) is 1. The number of rotatable bonds is 5. The fraction of sp³-hybridized carbons (Fsp3) is 0.333. The largest absolute Gasteiger partial charge is 0.394 e. The molecule has 1 unspecified atom stereocenters. The molecular formula is C21H21F3N4O3S. The van der Waals surface area contributed by atoms with E-state index < -0.39 is 36.2 Å². The number of aromatic nitrogens is 1.